The highest BCUT2D eigenvalue weighted by Gasteiger charge is 2.38. The summed E-state index contributed by atoms with van der Waals surface area (Å²) in [5.74, 6) is -0.179. The molecule has 0 saturated heterocycles. The molecule has 0 aliphatic heterocycles. The van der Waals surface area contributed by atoms with Crippen molar-refractivity contribution in [3.05, 3.63) is 26.3 Å². The molecule has 90 valence electrons. The molecule has 0 bridgehead atoms. The third-order valence-corrected chi connectivity index (χ3v) is 4.61. The van der Waals surface area contributed by atoms with E-state index in [1.165, 1.54) is 12.8 Å². The summed E-state index contributed by atoms with van der Waals surface area (Å²) in [4.78, 5) is 3.15. The van der Waals surface area contributed by atoms with Gasteiger partial charge in [0.15, 0.2) is 4.77 Å². The summed E-state index contributed by atoms with van der Waals surface area (Å²) in [6, 6.07) is 3.39. The zero-order valence-electron chi connectivity index (χ0n) is 9.39. The summed E-state index contributed by atoms with van der Waals surface area (Å²) in [7, 11) is 0. The van der Waals surface area contributed by atoms with Gasteiger partial charge in [0.05, 0.1) is 14.6 Å². The van der Waals surface area contributed by atoms with Crippen LogP contribution in [0.2, 0.25) is 0 Å². The van der Waals surface area contributed by atoms with Crippen LogP contribution in [0.15, 0.2) is 12.1 Å². The lowest BCUT2D eigenvalue weighted by Crippen LogP contribution is -2.07. The minimum absolute atomic E-state index is 0.179. The van der Waals surface area contributed by atoms with Crippen molar-refractivity contribution >= 4 is 45.8 Å². The Bertz CT molecular complexity index is 654. The first-order valence-electron chi connectivity index (χ1n) is 5.56. The lowest BCUT2D eigenvalue weighted by Gasteiger charge is -2.10. The largest absolute Gasteiger partial charge is 0.331 e. The van der Waals surface area contributed by atoms with Crippen molar-refractivity contribution in [2.24, 2.45) is 5.41 Å². The van der Waals surface area contributed by atoms with Crippen LogP contribution in [0.25, 0.3) is 11.0 Å². The molecule has 1 aromatic carbocycles. The second-order valence-corrected chi connectivity index (χ2v) is 6.66. The Morgan fingerprint density at radius 3 is 2.88 bits per heavy atom. The van der Waals surface area contributed by atoms with Gasteiger partial charge in [0.2, 0.25) is 0 Å². The molecule has 1 aliphatic rings. The molecular formula is C12H12FIN2S. The second-order valence-electron chi connectivity index (χ2n) is 5.11. The molecule has 3 rings (SSSR count). The number of fused-ring (bicyclic) bond motifs is 1. The van der Waals surface area contributed by atoms with Crippen molar-refractivity contribution in [1.82, 2.24) is 9.55 Å². The number of nitrogens with zero attached hydrogens (tertiary/aromatic N) is 1. The van der Waals surface area contributed by atoms with Crippen LogP contribution in [-0.2, 0) is 6.54 Å². The molecule has 1 saturated carbocycles. The Morgan fingerprint density at radius 1 is 1.53 bits per heavy atom. The predicted molar refractivity (Wildman–Crippen MR) is 77.1 cm³/mol. The van der Waals surface area contributed by atoms with E-state index in [9.17, 15) is 4.39 Å². The average molecular weight is 362 g/mol. The van der Waals surface area contributed by atoms with E-state index in [2.05, 4.69) is 11.9 Å². The topological polar surface area (TPSA) is 20.7 Å². The Morgan fingerprint density at radius 2 is 2.24 bits per heavy atom. The molecule has 0 atom stereocenters. The van der Waals surface area contributed by atoms with Crippen molar-refractivity contribution in [2.75, 3.05) is 0 Å². The van der Waals surface area contributed by atoms with Gasteiger partial charge >= 0.3 is 0 Å². The lowest BCUT2D eigenvalue weighted by atomic mass is 10.1. The summed E-state index contributed by atoms with van der Waals surface area (Å²) in [5.41, 5.74) is 2.15. The van der Waals surface area contributed by atoms with Gasteiger partial charge in [-0.05, 0) is 59.1 Å². The van der Waals surface area contributed by atoms with Gasteiger partial charge in [-0.2, -0.15) is 0 Å². The van der Waals surface area contributed by atoms with E-state index in [0.717, 1.165) is 17.6 Å². The fraction of sp³-hybridized carbons (Fsp3) is 0.417. The molecule has 1 heterocycles. The third-order valence-electron chi connectivity index (χ3n) is 3.46. The minimum Gasteiger partial charge on any atom is -0.331 e. The number of hydrogen-bond acceptors (Lipinski definition) is 1. The van der Waals surface area contributed by atoms with Crippen molar-refractivity contribution < 1.29 is 4.39 Å². The van der Waals surface area contributed by atoms with Gasteiger partial charge in [-0.25, -0.2) is 4.39 Å². The van der Waals surface area contributed by atoms with Crippen molar-refractivity contribution in [3.8, 4) is 0 Å². The summed E-state index contributed by atoms with van der Waals surface area (Å²) < 4.78 is 17.0. The number of halogens is 2. The number of H-pyrrole nitrogens is 1. The molecule has 2 aromatic rings. The number of aromatic nitrogens is 2. The fourth-order valence-electron chi connectivity index (χ4n) is 2.06. The molecular weight excluding hydrogens is 350 g/mol. The molecule has 0 radical (unpaired) electrons. The molecule has 0 amide bonds. The fourth-order valence-corrected chi connectivity index (χ4v) is 2.80. The minimum atomic E-state index is -0.179. The predicted octanol–water partition coefficient (Wildman–Crippen LogP) is 4.24. The zero-order valence-corrected chi connectivity index (χ0v) is 12.4. The Labute approximate surface area is 117 Å². The van der Waals surface area contributed by atoms with Crippen molar-refractivity contribution in [1.29, 1.82) is 0 Å². The molecule has 0 unspecified atom stereocenters. The van der Waals surface area contributed by atoms with E-state index in [0.29, 0.717) is 13.8 Å². The van der Waals surface area contributed by atoms with Gasteiger partial charge in [-0.3, -0.25) is 0 Å². The molecule has 1 N–H and O–H groups in total. The SMILES string of the molecule is CC1(Cn2c(=S)[nH]c3cc(I)c(F)cc32)CC1. The molecule has 17 heavy (non-hydrogen) atoms. The number of imidazole rings is 1. The zero-order chi connectivity index (χ0) is 12.2. The summed E-state index contributed by atoms with van der Waals surface area (Å²) in [5, 5.41) is 0. The normalized spacial score (nSPS) is 17.6. The Kier molecular flexibility index (Phi) is 2.59. The summed E-state index contributed by atoms with van der Waals surface area (Å²) in [6.07, 6.45) is 2.46. The smallest absolute Gasteiger partial charge is 0.178 e. The highest BCUT2D eigenvalue weighted by molar-refractivity contribution is 14.1. The van der Waals surface area contributed by atoms with Crippen molar-refractivity contribution in [3.63, 3.8) is 0 Å². The van der Waals surface area contributed by atoms with Crippen LogP contribution in [0.1, 0.15) is 19.8 Å². The highest BCUT2D eigenvalue weighted by atomic mass is 127. The van der Waals surface area contributed by atoms with Crippen LogP contribution in [0.5, 0.6) is 0 Å². The van der Waals surface area contributed by atoms with Crippen LogP contribution >= 0.6 is 34.8 Å². The van der Waals surface area contributed by atoms with Gasteiger partial charge < -0.3 is 9.55 Å². The number of nitrogens with one attached hydrogen (secondary N) is 1. The van der Waals surface area contributed by atoms with Gasteiger partial charge in [-0.15, -0.1) is 0 Å². The van der Waals surface area contributed by atoms with Crippen LogP contribution in [0.3, 0.4) is 0 Å². The second kappa shape index (κ2) is 3.78. The quantitative estimate of drug-likeness (QED) is 0.626. The molecule has 1 fully saturated rings. The van der Waals surface area contributed by atoms with Crippen LogP contribution in [0, 0.1) is 19.6 Å². The number of hydrogen-bond donors (Lipinski definition) is 1. The van der Waals surface area contributed by atoms with E-state index in [-0.39, 0.29) is 5.82 Å². The maximum Gasteiger partial charge on any atom is 0.178 e. The first-order chi connectivity index (χ1) is 7.98. The van der Waals surface area contributed by atoms with Gasteiger partial charge in [-0.1, -0.05) is 6.92 Å². The van der Waals surface area contributed by atoms with E-state index in [1.807, 2.05) is 33.2 Å². The van der Waals surface area contributed by atoms with E-state index in [4.69, 9.17) is 12.2 Å². The lowest BCUT2D eigenvalue weighted by molar-refractivity contribution is 0.469. The van der Waals surface area contributed by atoms with Crippen LogP contribution in [-0.4, -0.2) is 9.55 Å². The van der Waals surface area contributed by atoms with Gasteiger partial charge in [0, 0.05) is 12.6 Å². The van der Waals surface area contributed by atoms with Crippen molar-refractivity contribution in [2.45, 2.75) is 26.3 Å². The highest BCUT2D eigenvalue weighted by Crippen LogP contribution is 2.46. The Hall–Kier alpha value is -0.430. The number of aromatic amines is 1. The van der Waals surface area contributed by atoms with Gasteiger partial charge in [0.1, 0.15) is 5.82 Å². The molecule has 5 heteroatoms. The Balaban J connectivity index is 2.19. The molecule has 1 aromatic heterocycles. The standard InChI is InChI=1S/C12H12FIN2S/c1-12(2-3-12)6-16-10-4-7(13)8(14)5-9(10)15-11(16)17/h4-5H,2-3,6H2,1H3,(H,15,17). The first kappa shape index (κ1) is 11.6. The monoisotopic (exact) mass is 362 g/mol. The number of benzene rings is 1. The van der Waals surface area contributed by atoms with Crippen LogP contribution in [0.4, 0.5) is 4.39 Å². The first-order valence-corrected chi connectivity index (χ1v) is 7.05. The van der Waals surface area contributed by atoms with E-state index >= 15 is 0 Å². The molecule has 0 spiro atoms. The maximum atomic E-state index is 13.6. The summed E-state index contributed by atoms with van der Waals surface area (Å²) in [6.45, 7) is 3.13. The third kappa shape index (κ3) is 2.03. The molecule has 2 nitrogen and oxygen atoms in total. The average Bonchev–Trinajstić information content (AvgIpc) is 2.91. The van der Waals surface area contributed by atoms with E-state index in [1.54, 1.807) is 6.07 Å². The maximum absolute atomic E-state index is 13.6. The summed E-state index contributed by atoms with van der Waals surface area (Å²) >= 11 is 7.31. The molecule has 1 aliphatic carbocycles. The van der Waals surface area contributed by atoms with Gasteiger partial charge in [0.25, 0.3) is 0 Å². The van der Waals surface area contributed by atoms with E-state index < -0.39 is 0 Å². The van der Waals surface area contributed by atoms with Crippen LogP contribution < -0.4 is 0 Å². The number of rotatable bonds is 2.